The molecule has 0 aromatic heterocycles. The van der Waals surface area contributed by atoms with Crippen LogP contribution >= 0.6 is 0 Å². The summed E-state index contributed by atoms with van der Waals surface area (Å²) in [6.45, 7) is 2.51. The zero-order chi connectivity index (χ0) is 18.8. The van der Waals surface area contributed by atoms with Crippen molar-refractivity contribution in [2.45, 2.75) is 19.6 Å². The second-order valence-electron chi connectivity index (χ2n) is 5.59. The fourth-order valence-electron chi connectivity index (χ4n) is 2.22. The first-order chi connectivity index (χ1) is 12.6. The minimum atomic E-state index is -0.901. The molecule has 0 fully saturated rings. The molecule has 0 saturated carbocycles. The second-order valence-corrected chi connectivity index (χ2v) is 5.59. The first-order valence-corrected chi connectivity index (χ1v) is 8.35. The Morgan fingerprint density at radius 2 is 1.73 bits per heavy atom. The number of hydrogen-bond acceptors (Lipinski definition) is 5. The summed E-state index contributed by atoms with van der Waals surface area (Å²) in [6.07, 6.45) is -0.901. The summed E-state index contributed by atoms with van der Waals surface area (Å²) in [6, 6.07) is 16.3. The molecule has 26 heavy (non-hydrogen) atoms. The summed E-state index contributed by atoms with van der Waals surface area (Å²) in [7, 11) is 1.55. The third-order valence-electron chi connectivity index (χ3n) is 3.63. The van der Waals surface area contributed by atoms with Crippen LogP contribution in [0, 0.1) is 0 Å². The van der Waals surface area contributed by atoms with Gasteiger partial charge in [-0.15, -0.1) is 0 Å². The monoisotopic (exact) mass is 357 g/mol. The van der Waals surface area contributed by atoms with Gasteiger partial charge in [-0.05, 0) is 25.1 Å². The number of esters is 1. The molecule has 0 aliphatic heterocycles. The third-order valence-corrected chi connectivity index (χ3v) is 3.63. The minimum Gasteiger partial charge on any atom is -0.489 e. The average molecular weight is 357 g/mol. The number of carbonyl (C=O) groups excluding carboxylic acids is 2. The fraction of sp³-hybridized carbons (Fsp3) is 0.300. The lowest BCUT2D eigenvalue weighted by atomic mass is 10.1. The van der Waals surface area contributed by atoms with E-state index in [9.17, 15) is 9.59 Å². The number of nitrogens with one attached hydrogen (secondary N) is 1. The van der Waals surface area contributed by atoms with E-state index < -0.39 is 12.1 Å². The minimum absolute atomic E-state index is 0.226. The van der Waals surface area contributed by atoms with E-state index in [0.29, 0.717) is 30.0 Å². The first-order valence-electron chi connectivity index (χ1n) is 8.35. The summed E-state index contributed by atoms with van der Waals surface area (Å²) in [4.78, 5) is 24.4. The Kier molecular flexibility index (Phi) is 7.64. The number of methoxy groups -OCH3 is 1. The summed E-state index contributed by atoms with van der Waals surface area (Å²) >= 11 is 0. The second kappa shape index (κ2) is 10.2. The van der Waals surface area contributed by atoms with Gasteiger partial charge in [-0.2, -0.15) is 0 Å². The molecular weight excluding hydrogens is 334 g/mol. The van der Waals surface area contributed by atoms with E-state index in [2.05, 4.69) is 5.32 Å². The highest BCUT2D eigenvalue weighted by Crippen LogP contribution is 2.16. The van der Waals surface area contributed by atoms with Crippen LogP contribution in [-0.2, 0) is 20.9 Å². The number of carbonyl (C=O) groups is 2. The van der Waals surface area contributed by atoms with Crippen LogP contribution in [0.5, 0.6) is 5.75 Å². The molecule has 2 rings (SSSR count). The van der Waals surface area contributed by atoms with E-state index in [1.807, 2.05) is 36.4 Å². The Morgan fingerprint density at radius 3 is 2.46 bits per heavy atom. The average Bonchev–Trinajstić information content (AvgIpc) is 2.67. The maximum Gasteiger partial charge on any atom is 0.339 e. The van der Waals surface area contributed by atoms with Gasteiger partial charge in [0.05, 0.1) is 12.2 Å². The lowest BCUT2D eigenvalue weighted by molar-refractivity contribution is -0.129. The van der Waals surface area contributed by atoms with Gasteiger partial charge in [-0.3, -0.25) is 4.79 Å². The number of ether oxygens (including phenoxy) is 3. The molecular formula is C20H23NO5. The Hall–Kier alpha value is -2.86. The van der Waals surface area contributed by atoms with E-state index in [1.54, 1.807) is 25.3 Å². The van der Waals surface area contributed by atoms with Gasteiger partial charge in [-0.25, -0.2) is 4.79 Å². The molecule has 138 valence electrons. The van der Waals surface area contributed by atoms with E-state index in [1.165, 1.54) is 6.92 Å². The number of para-hydroxylation sites is 1. The van der Waals surface area contributed by atoms with Crippen LogP contribution in [0.1, 0.15) is 22.8 Å². The largest absolute Gasteiger partial charge is 0.489 e. The summed E-state index contributed by atoms with van der Waals surface area (Å²) in [5.41, 5.74) is 1.06. The zero-order valence-electron chi connectivity index (χ0n) is 14.9. The van der Waals surface area contributed by atoms with Crippen LogP contribution in [0.25, 0.3) is 0 Å². The van der Waals surface area contributed by atoms with Crippen molar-refractivity contribution >= 4 is 11.9 Å². The van der Waals surface area contributed by atoms with Crippen molar-refractivity contribution in [1.82, 2.24) is 5.32 Å². The highest BCUT2D eigenvalue weighted by atomic mass is 16.5. The maximum atomic E-state index is 12.4. The van der Waals surface area contributed by atoms with Crippen LogP contribution < -0.4 is 10.1 Å². The quantitative estimate of drug-likeness (QED) is 0.551. The summed E-state index contributed by atoms with van der Waals surface area (Å²) in [5.74, 6) is -0.221. The predicted octanol–water partition coefficient (Wildman–Crippen LogP) is 2.57. The van der Waals surface area contributed by atoms with Crippen molar-refractivity contribution in [3.05, 3.63) is 65.7 Å². The fourth-order valence-corrected chi connectivity index (χ4v) is 2.22. The van der Waals surface area contributed by atoms with Crippen LogP contribution in [0.4, 0.5) is 0 Å². The van der Waals surface area contributed by atoms with Crippen molar-refractivity contribution in [3.8, 4) is 5.75 Å². The van der Waals surface area contributed by atoms with Gasteiger partial charge in [0, 0.05) is 19.2 Å². The molecule has 1 atom stereocenters. The van der Waals surface area contributed by atoms with Crippen molar-refractivity contribution in [2.75, 3.05) is 20.3 Å². The molecule has 2 aromatic rings. The molecule has 0 heterocycles. The molecule has 0 unspecified atom stereocenters. The number of amides is 1. The SMILES string of the molecule is COCCNC(=O)[C@H](C)OC(=O)c1ccccc1COc1ccccc1. The summed E-state index contributed by atoms with van der Waals surface area (Å²) < 4.78 is 15.8. The van der Waals surface area contributed by atoms with Gasteiger partial charge in [0.2, 0.25) is 0 Å². The van der Waals surface area contributed by atoms with Gasteiger partial charge in [0.1, 0.15) is 12.4 Å². The van der Waals surface area contributed by atoms with Crippen LogP contribution in [-0.4, -0.2) is 38.2 Å². The van der Waals surface area contributed by atoms with Gasteiger partial charge in [0.15, 0.2) is 6.10 Å². The van der Waals surface area contributed by atoms with Gasteiger partial charge in [-0.1, -0.05) is 36.4 Å². The van der Waals surface area contributed by atoms with E-state index in [-0.39, 0.29) is 12.5 Å². The lowest BCUT2D eigenvalue weighted by Crippen LogP contribution is -2.37. The molecule has 0 radical (unpaired) electrons. The highest BCUT2D eigenvalue weighted by molar-refractivity contribution is 5.93. The Labute approximate surface area is 153 Å². The predicted molar refractivity (Wildman–Crippen MR) is 97.0 cm³/mol. The maximum absolute atomic E-state index is 12.4. The highest BCUT2D eigenvalue weighted by Gasteiger charge is 2.20. The molecule has 0 saturated heterocycles. The van der Waals surface area contributed by atoms with Gasteiger partial charge >= 0.3 is 5.97 Å². The first kappa shape index (κ1) is 19.5. The van der Waals surface area contributed by atoms with E-state index >= 15 is 0 Å². The lowest BCUT2D eigenvalue weighted by Gasteiger charge is -2.15. The summed E-state index contributed by atoms with van der Waals surface area (Å²) in [5, 5.41) is 2.64. The van der Waals surface area contributed by atoms with Crippen molar-refractivity contribution < 1.29 is 23.8 Å². The van der Waals surface area contributed by atoms with Crippen molar-refractivity contribution in [1.29, 1.82) is 0 Å². The molecule has 1 amide bonds. The molecule has 0 bridgehead atoms. The molecule has 0 spiro atoms. The standard InChI is InChI=1S/C20H23NO5/c1-15(19(22)21-12-13-24-2)26-20(23)18-11-7-6-8-16(18)14-25-17-9-4-3-5-10-17/h3-11,15H,12-14H2,1-2H3,(H,21,22)/t15-/m0/s1. The molecule has 6 nitrogen and oxygen atoms in total. The zero-order valence-corrected chi connectivity index (χ0v) is 14.9. The number of benzene rings is 2. The van der Waals surface area contributed by atoms with Crippen molar-refractivity contribution in [3.63, 3.8) is 0 Å². The Balaban J connectivity index is 1.97. The van der Waals surface area contributed by atoms with Crippen LogP contribution in [0.3, 0.4) is 0 Å². The number of rotatable bonds is 9. The molecule has 0 aliphatic carbocycles. The molecule has 1 N–H and O–H groups in total. The Bertz CT molecular complexity index is 717. The normalized spacial score (nSPS) is 11.5. The third kappa shape index (κ3) is 5.89. The van der Waals surface area contributed by atoms with E-state index in [0.717, 1.165) is 0 Å². The molecule has 6 heteroatoms. The Morgan fingerprint density at radius 1 is 1.04 bits per heavy atom. The molecule has 0 aliphatic rings. The van der Waals surface area contributed by atoms with Crippen LogP contribution in [0.2, 0.25) is 0 Å². The van der Waals surface area contributed by atoms with Gasteiger partial charge in [0.25, 0.3) is 5.91 Å². The van der Waals surface area contributed by atoms with E-state index in [4.69, 9.17) is 14.2 Å². The topological polar surface area (TPSA) is 73.9 Å². The number of hydrogen-bond donors (Lipinski definition) is 1. The van der Waals surface area contributed by atoms with Crippen LogP contribution in [0.15, 0.2) is 54.6 Å². The van der Waals surface area contributed by atoms with Crippen molar-refractivity contribution in [2.24, 2.45) is 0 Å². The smallest absolute Gasteiger partial charge is 0.339 e. The van der Waals surface area contributed by atoms with Gasteiger partial charge < -0.3 is 19.5 Å². The molecule has 2 aromatic carbocycles.